The molecule has 5 radical (unpaired) electrons. The Morgan fingerprint density at radius 1 is 0.800 bits per heavy atom. The van der Waals surface area contributed by atoms with Gasteiger partial charge in [0.15, 0.2) is 0 Å². The molecule has 0 bridgehead atoms. The molecule has 2 heteroatoms. The van der Waals surface area contributed by atoms with Gasteiger partial charge in [-0.05, 0) is 11.8 Å². The fraction of sp³-hybridized carbons (Fsp3) is 0.750. The van der Waals surface area contributed by atoms with Gasteiger partial charge in [0.2, 0.25) is 0 Å². The van der Waals surface area contributed by atoms with Gasteiger partial charge < -0.3 is 17.0 Å². The summed E-state index contributed by atoms with van der Waals surface area (Å²) < 4.78 is 0. The van der Waals surface area contributed by atoms with Crippen molar-refractivity contribution < 1.29 is 17.0 Å². The fourth-order valence-corrected chi connectivity index (χ4v) is 0. The van der Waals surface area contributed by atoms with Gasteiger partial charge in [0, 0.05) is 24.4 Å². The van der Waals surface area contributed by atoms with Crippen molar-refractivity contribution in [3.63, 3.8) is 0 Å². The van der Waals surface area contributed by atoms with Crippen LogP contribution in [0.25, 0.3) is 0 Å². The van der Waals surface area contributed by atoms with Gasteiger partial charge >= 0.3 is 0 Å². The van der Waals surface area contributed by atoms with Gasteiger partial charge in [-0.3, -0.25) is 0 Å². The standard InChI is InChI=1S/2C4H9.BrH.Sb/c2*1-4(2)3;;/h2*4H,1H2,2-3H3;1H;/p-1. The minimum atomic E-state index is 0. The maximum atomic E-state index is 3.64. The summed E-state index contributed by atoms with van der Waals surface area (Å²) in [6.45, 7) is 15.5. The van der Waals surface area contributed by atoms with Crippen molar-refractivity contribution in [2.75, 3.05) is 0 Å². The van der Waals surface area contributed by atoms with Crippen molar-refractivity contribution >= 4 is 24.4 Å². The van der Waals surface area contributed by atoms with E-state index in [0.29, 0.717) is 11.8 Å². The molecule has 0 saturated carbocycles. The van der Waals surface area contributed by atoms with Gasteiger partial charge in [0.25, 0.3) is 0 Å². The maximum absolute atomic E-state index is 3.64. The molecule has 0 fully saturated rings. The molecule has 0 aromatic carbocycles. The number of hydrogen-bond acceptors (Lipinski definition) is 0. The van der Waals surface area contributed by atoms with Crippen LogP contribution in [0, 0.1) is 25.7 Å². The van der Waals surface area contributed by atoms with E-state index in [1.165, 1.54) is 0 Å². The van der Waals surface area contributed by atoms with Gasteiger partial charge in [0.05, 0.1) is 0 Å². The van der Waals surface area contributed by atoms with Crippen LogP contribution in [0.2, 0.25) is 0 Å². The Labute approximate surface area is 94.4 Å². The van der Waals surface area contributed by atoms with Crippen molar-refractivity contribution in [3.05, 3.63) is 13.8 Å². The first-order valence-electron chi connectivity index (χ1n) is 3.13. The maximum Gasteiger partial charge on any atom is 0 e. The van der Waals surface area contributed by atoms with Crippen LogP contribution in [0.1, 0.15) is 27.7 Å². The molecule has 0 aliphatic heterocycles. The molecule has 0 aliphatic rings. The predicted molar refractivity (Wildman–Crippen MR) is 46.1 cm³/mol. The zero-order valence-corrected chi connectivity index (χ0v) is 11.5. The molecule has 0 aliphatic carbocycles. The van der Waals surface area contributed by atoms with E-state index in [-0.39, 0.29) is 41.4 Å². The predicted octanol–water partition coefficient (Wildman–Crippen LogP) is -0.424. The quantitative estimate of drug-likeness (QED) is 0.533. The zero-order chi connectivity index (χ0) is 7.15. The minimum Gasteiger partial charge on any atom is -1.00 e. The molecule has 0 spiro atoms. The Bertz CT molecular complexity index is 24.7. The molecule has 10 heavy (non-hydrogen) atoms. The van der Waals surface area contributed by atoms with Gasteiger partial charge in [-0.15, -0.1) is 0 Å². The molecule has 0 heterocycles. The summed E-state index contributed by atoms with van der Waals surface area (Å²) in [6.07, 6.45) is 0. The number of hydrogen-bond donors (Lipinski definition) is 0. The average Bonchev–Trinajstić information content (AvgIpc) is 1.25. The van der Waals surface area contributed by atoms with Crippen molar-refractivity contribution in [2.45, 2.75) is 27.7 Å². The zero-order valence-electron chi connectivity index (χ0n) is 7.39. The van der Waals surface area contributed by atoms with E-state index >= 15 is 0 Å². The summed E-state index contributed by atoms with van der Waals surface area (Å²) in [6, 6.07) is 0. The molecule has 0 unspecified atom stereocenters. The molecule has 0 saturated heterocycles. The van der Waals surface area contributed by atoms with Crippen molar-refractivity contribution in [3.8, 4) is 0 Å². The normalized spacial score (nSPS) is 7.20. The van der Waals surface area contributed by atoms with Crippen LogP contribution in [0.5, 0.6) is 0 Å². The van der Waals surface area contributed by atoms with E-state index in [1.807, 2.05) is 0 Å². The first-order chi connectivity index (χ1) is 3.46. The van der Waals surface area contributed by atoms with Crippen molar-refractivity contribution in [1.29, 1.82) is 0 Å². The van der Waals surface area contributed by atoms with Crippen LogP contribution < -0.4 is 17.0 Å². The largest absolute Gasteiger partial charge is 1.00 e. The third-order valence-corrected chi connectivity index (χ3v) is 0. The second-order valence-corrected chi connectivity index (χ2v) is 2.79. The second-order valence-electron chi connectivity index (χ2n) is 2.79. The molecule has 0 rings (SSSR count). The van der Waals surface area contributed by atoms with Gasteiger partial charge in [-0.1, -0.05) is 41.5 Å². The summed E-state index contributed by atoms with van der Waals surface area (Å²) in [4.78, 5) is 0. The Balaban J connectivity index is -0.0000000300. The van der Waals surface area contributed by atoms with Crippen LogP contribution in [-0.4, -0.2) is 24.4 Å². The van der Waals surface area contributed by atoms with Crippen LogP contribution in [0.4, 0.5) is 0 Å². The first kappa shape index (κ1) is 22.5. The Hall–Kier alpha value is 1.30. The van der Waals surface area contributed by atoms with E-state index in [0.717, 1.165) is 0 Å². The van der Waals surface area contributed by atoms with Gasteiger partial charge in [-0.25, -0.2) is 0 Å². The Morgan fingerprint density at radius 2 is 0.800 bits per heavy atom. The smallest absolute Gasteiger partial charge is 0 e. The topological polar surface area (TPSA) is 0 Å². The monoisotopic (exact) mass is 314 g/mol. The Kier molecular flexibility index (Phi) is 37.6. The average molecular weight is 316 g/mol. The van der Waals surface area contributed by atoms with E-state index in [4.69, 9.17) is 0 Å². The summed E-state index contributed by atoms with van der Waals surface area (Å²) >= 11 is 0. The van der Waals surface area contributed by atoms with Crippen LogP contribution >= 0.6 is 0 Å². The molecule has 0 nitrogen and oxygen atoms in total. The van der Waals surface area contributed by atoms with Crippen LogP contribution in [0.3, 0.4) is 0 Å². The third-order valence-electron chi connectivity index (χ3n) is 0. The van der Waals surface area contributed by atoms with Crippen LogP contribution in [0.15, 0.2) is 0 Å². The second kappa shape index (κ2) is 16.7. The number of halogens is 1. The summed E-state index contributed by atoms with van der Waals surface area (Å²) in [5.74, 6) is 1.17. The van der Waals surface area contributed by atoms with E-state index in [9.17, 15) is 0 Å². The molecule has 0 aromatic heterocycles. The van der Waals surface area contributed by atoms with E-state index in [2.05, 4.69) is 41.5 Å². The molecular weight excluding hydrogens is 298 g/mol. The van der Waals surface area contributed by atoms with E-state index in [1.54, 1.807) is 0 Å². The molecule has 63 valence electrons. The summed E-state index contributed by atoms with van der Waals surface area (Å²) in [7, 11) is 0. The molecule has 0 N–H and O–H groups in total. The van der Waals surface area contributed by atoms with Crippen LogP contribution in [-0.2, 0) is 0 Å². The Morgan fingerprint density at radius 3 is 0.800 bits per heavy atom. The van der Waals surface area contributed by atoms with Gasteiger partial charge in [-0.2, -0.15) is 0 Å². The van der Waals surface area contributed by atoms with Gasteiger partial charge in [0.1, 0.15) is 0 Å². The summed E-state index contributed by atoms with van der Waals surface area (Å²) in [5.41, 5.74) is 0. The van der Waals surface area contributed by atoms with Crippen molar-refractivity contribution in [2.24, 2.45) is 11.8 Å². The van der Waals surface area contributed by atoms with E-state index < -0.39 is 0 Å². The first-order valence-corrected chi connectivity index (χ1v) is 3.13. The molecule has 0 atom stereocenters. The SMILES string of the molecule is [Br-].[CH2]C(C)C.[CH2]C(C)C.[Sb]. The molecule has 0 amide bonds. The minimum absolute atomic E-state index is 0. The number of rotatable bonds is 0. The van der Waals surface area contributed by atoms with Crippen molar-refractivity contribution in [1.82, 2.24) is 0 Å². The molecule has 0 aromatic rings. The fourth-order valence-electron chi connectivity index (χ4n) is 0. The third kappa shape index (κ3) is 380. The summed E-state index contributed by atoms with van der Waals surface area (Å²) in [5, 5.41) is 0. The molecular formula is C8H18BrSb-.